The van der Waals surface area contributed by atoms with Crippen LogP contribution < -0.4 is 0 Å². The van der Waals surface area contributed by atoms with Crippen LogP contribution in [0.3, 0.4) is 0 Å². The second kappa shape index (κ2) is 5.25. The number of halogens is 1. The summed E-state index contributed by atoms with van der Waals surface area (Å²) in [5.41, 5.74) is 0.470. The maximum atomic E-state index is 6.21. The van der Waals surface area contributed by atoms with Crippen LogP contribution in [0.2, 0.25) is 6.04 Å². The van der Waals surface area contributed by atoms with E-state index in [1.807, 2.05) is 0 Å². The highest BCUT2D eigenvalue weighted by Gasteiger charge is 2.13. The van der Waals surface area contributed by atoms with Crippen molar-refractivity contribution in [3.05, 3.63) is 0 Å². The molecule has 0 bridgehead atoms. The van der Waals surface area contributed by atoms with Crippen molar-refractivity contribution in [2.75, 3.05) is 14.1 Å². The quantitative estimate of drug-likeness (QED) is 0.506. The van der Waals surface area contributed by atoms with E-state index in [2.05, 4.69) is 39.4 Å². The molecular formula is C9H22ClNSi. The second-order valence-corrected chi connectivity index (χ2v) is 8.84. The molecule has 0 aliphatic carbocycles. The van der Waals surface area contributed by atoms with Gasteiger partial charge < -0.3 is 4.57 Å². The number of rotatable bonds is 4. The van der Waals surface area contributed by atoms with Crippen molar-refractivity contribution in [2.24, 2.45) is 5.41 Å². The highest BCUT2D eigenvalue weighted by atomic mass is 35.6. The third-order valence-corrected chi connectivity index (χ3v) is 5.76. The molecule has 0 rings (SSSR count). The Labute approximate surface area is 83.5 Å². The van der Waals surface area contributed by atoms with Crippen LogP contribution in [0.4, 0.5) is 0 Å². The zero-order valence-electron chi connectivity index (χ0n) is 9.02. The lowest BCUT2D eigenvalue weighted by atomic mass is 9.91. The van der Waals surface area contributed by atoms with E-state index in [-0.39, 0.29) is 0 Å². The Balaban J connectivity index is 3.44. The molecule has 0 aromatic heterocycles. The van der Waals surface area contributed by atoms with Gasteiger partial charge in [-0.25, -0.2) is 0 Å². The Morgan fingerprint density at radius 1 is 1.25 bits per heavy atom. The summed E-state index contributed by atoms with van der Waals surface area (Å²) in [4.78, 5) is 0. The van der Waals surface area contributed by atoms with Gasteiger partial charge in [-0.15, -0.1) is 0 Å². The van der Waals surface area contributed by atoms with Gasteiger partial charge in [0.05, 0.1) is 0 Å². The van der Waals surface area contributed by atoms with Gasteiger partial charge >= 0.3 is 0 Å². The minimum Gasteiger partial charge on any atom is -0.320 e. The van der Waals surface area contributed by atoms with E-state index in [9.17, 15) is 0 Å². The fourth-order valence-corrected chi connectivity index (χ4v) is 2.58. The SMILES string of the molecule is CN(C)[SiH](Cl)CCCC(C)(C)C. The lowest BCUT2D eigenvalue weighted by Gasteiger charge is -2.20. The average Bonchev–Trinajstić information content (AvgIpc) is 1.84. The standard InChI is InChI=1S/C9H22ClNSi/c1-9(2,3)7-6-8-12(10)11(4)5/h12H,6-8H2,1-5H3. The summed E-state index contributed by atoms with van der Waals surface area (Å²) in [5, 5.41) is 0. The van der Waals surface area contributed by atoms with Crippen molar-refractivity contribution < 1.29 is 0 Å². The van der Waals surface area contributed by atoms with E-state index >= 15 is 0 Å². The van der Waals surface area contributed by atoms with Gasteiger partial charge in [-0.1, -0.05) is 27.2 Å². The van der Waals surface area contributed by atoms with Crippen molar-refractivity contribution in [1.29, 1.82) is 0 Å². The summed E-state index contributed by atoms with van der Waals surface area (Å²) in [7, 11) is 3.11. The van der Waals surface area contributed by atoms with Crippen LogP contribution in [0.15, 0.2) is 0 Å². The maximum absolute atomic E-state index is 6.21. The third kappa shape index (κ3) is 7.13. The minimum atomic E-state index is -1.06. The molecule has 0 aliphatic rings. The van der Waals surface area contributed by atoms with Gasteiger partial charge in [-0.3, -0.25) is 0 Å². The average molecular weight is 208 g/mol. The first-order valence-electron chi connectivity index (χ1n) is 4.63. The molecule has 12 heavy (non-hydrogen) atoms. The van der Waals surface area contributed by atoms with Crippen molar-refractivity contribution in [2.45, 2.75) is 39.7 Å². The van der Waals surface area contributed by atoms with Crippen LogP contribution in [0.1, 0.15) is 33.6 Å². The lowest BCUT2D eigenvalue weighted by Crippen LogP contribution is -2.27. The first-order valence-corrected chi connectivity index (χ1v) is 7.71. The molecule has 0 N–H and O–H groups in total. The van der Waals surface area contributed by atoms with Gasteiger partial charge in [0, 0.05) is 0 Å². The molecule has 3 heteroatoms. The van der Waals surface area contributed by atoms with E-state index in [4.69, 9.17) is 11.1 Å². The summed E-state index contributed by atoms with van der Waals surface area (Å²) >= 11 is 6.21. The molecule has 1 unspecified atom stereocenters. The highest BCUT2D eigenvalue weighted by Crippen LogP contribution is 2.22. The molecule has 74 valence electrons. The molecule has 0 saturated carbocycles. The number of hydrogen-bond acceptors (Lipinski definition) is 1. The van der Waals surface area contributed by atoms with Crippen LogP contribution >= 0.6 is 11.1 Å². The van der Waals surface area contributed by atoms with Gasteiger partial charge in [-0.2, -0.15) is 11.1 Å². The highest BCUT2D eigenvalue weighted by molar-refractivity contribution is 7.05. The molecule has 0 aliphatic heterocycles. The Hall–Kier alpha value is 0.467. The van der Waals surface area contributed by atoms with Gasteiger partial charge in [0.15, 0.2) is 0 Å². The third-order valence-electron chi connectivity index (χ3n) is 1.93. The van der Waals surface area contributed by atoms with Gasteiger partial charge in [0.1, 0.15) is 0 Å². The van der Waals surface area contributed by atoms with Gasteiger partial charge in [-0.05, 0) is 32.0 Å². The summed E-state index contributed by atoms with van der Waals surface area (Å²) < 4.78 is 2.20. The molecule has 0 saturated heterocycles. The zero-order chi connectivity index (χ0) is 9.78. The summed E-state index contributed by atoms with van der Waals surface area (Å²) in [6.07, 6.45) is 2.57. The number of hydrogen-bond donors (Lipinski definition) is 0. The first kappa shape index (κ1) is 12.5. The fourth-order valence-electron chi connectivity index (χ4n) is 1.06. The van der Waals surface area contributed by atoms with Crippen LogP contribution in [-0.2, 0) is 0 Å². The molecule has 1 nitrogen and oxygen atoms in total. The summed E-state index contributed by atoms with van der Waals surface area (Å²) in [5.74, 6) is 0. The second-order valence-electron chi connectivity index (χ2n) is 4.85. The molecule has 0 fully saturated rings. The van der Waals surface area contributed by atoms with E-state index in [1.165, 1.54) is 18.9 Å². The topological polar surface area (TPSA) is 3.24 Å². The molecule has 0 spiro atoms. The zero-order valence-corrected chi connectivity index (χ0v) is 10.9. The monoisotopic (exact) mass is 207 g/mol. The number of nitrogens with zero attached hydrogens (tertiary/aromatic N) is 1. The van der Waals surface area contributed by atoms with Crippen LogP contribution in [-0.4, -0.2) is 26.9 Å². The maximum Gasteiger partial charge on any atom is 0.213 e. The fraction of sp³-hybridized carbons (Fsp3) is 1.00. The molecule has 0 amide bonds. The van der Waals surface area contributed by atoms with Crippen molar-refractivity contribution in [3.63, 3.8) is 0 Å². The lowest BCUT2D eigenvalue weighted by molar-refractivity contribution is 0.372. The van der Waals surface area contributed by atoms with Crippen molar-refractivity contribution in [1.82, 2.24) is 4.57 Å². The molecule has 0 aromatic rings. The smallest absolute Gasteiger partial charge is 0.213 e. The van der Waals surface area contributed by atoms with Gasteiger partial charge in [0.25, 0.3) is 0 Å². The summed E-state index contributed by atoms with van der Waals surface area (Å²) in [6.45, 7) is 6.86. The van der Waals surface area contributed by atoms with E-state index < -0.39 is 8.27 Å². The Kier molecular flexibility index (Phi) is 5.46. The van der Waals surface area contributed by atoms with Gasteiger partial charge in [0.2, 0.25) is 8.27 Å². The molecule has 0 heterocycles. The van der Waals surface area contributed by atoms with Crippen LogP contribution in [0, 0.1) is 5.41 Å². The molecule has 1 atom stereocenters. The first-order chi connectivity index (χ1) is 5.33. The normalized spacial score (nSPS) is 15.2. The van der Waals surface area contributed by atoms with Crippen molar-refractivity contribution in [3.8, 4) is 0 Å². The Bertz CT molecular complexity index is 120. The van der Waals surface area contributed by atoms with Crippen molar-refractivity contribution >= 4 is 19.3 Å². The minimum absolute atomic E-state index is 0.470. The predicted molar refractivity (Wildman–Crippen MR) is 60.2 cm³/mol. The van der Waals surface area contributed by atoms with E-state index in [0.29, 0.717) is 5.41 Å². The molecule has 0 radical (unpaired) electrons. The van der Waals surface area contributed by atoms with Crippen LogP contribution in [0.5, 0.6) is 0 Å². The Morgan fingerprint density at radius 3 is 2.08 bits per heavy atom. The summed E-state index contributed by atoms with van der Waals surface area (Å²) in [6, 6.07) is 1.23. The predicted octanol–water partition coefficient (Wildman–Crippen LogP) is 2.83. The Morgan fingerprint density at radius 2 is 1.75 bits per heavy atom. The largest absolute Gasteiger partial charge is 0.320 e. The van der Waals surface area contributed by atoms with E-state index in [1.54, 1.807) is 0 Å². The molecular weight excluding hydrogens is 186 g/mol. The van der Waals surface area contributed by atoms with E-state index in [0.717, 1.165) is 0 Å². The molecule has 0 aromatic carbocycles. The van der Waals surface area contributed by atoms with Crippen LogP contribution in [0.25, 0.3) is 0 Å².